The van der Waals surface area contributed by atoms with Crippen LogP contribution >= 0.6 is 0 Å². The van der Waals surface area contributed by atoms with Crippen LogP contribution in [0.1, 0.15) is 35.3 Å². The Balaban J connectivity index is 1.41. The number of pyridine rings is 1. The number of nitrogens with one attached hydrogen (secondary N) is 1. The van der Waals surface area contributed by atoms with Crippen LogP contribution in [-0.2, 0) is 11.3 Å². The Labute approximate surface area is 191 Å². The fourth-order valence-corrected chi connectivity index (χ4v) is 3.51. The molecule has 3 aromatic rings. The Morgan fingerprint density at radius 1 is 1.18 bits per heavy atom. The van der Waals surface area contributed by atoms with E-state index in [0.29, 0.717) is 35.9 Å². The highest BCUT2D eigenvalue weighted by Gasteiger charge is 2.34. The zero-order chi connectivity index (χ0) is 23.2. The molecule has 33 heavy (non-hydrogen) atoms. The van der Waals surface area contributed by atoms with Crippen molar-refractivity contribution in [3.05, 3.63) is 60.0 Å². The number of benzene rings is 1. The molecule has 0 saturated heterocycles. The topological polar surface area (TPSA) is 107 Å². The van der Waals surface area contributed by atoms with Gasteiger partial charge in [0.05, 0.1) is 19.8 Å². The number of ether oxygens (including phenoxy) is 2. The minimum atomic E-state index is -0.255. The first-order valence-electron chi connectivity index (χ1n) is 10.7. The zero-order valence-electron chi connectivity index (χ0n) is 18.6. The summed E-state index contributed by atoms with van der Waals surface area (Å²) in [4.78, 5) is 31.2. The van der Waals surface area contributed by atoms with Gasteiger partial charge in [0.25, 0.3) is 5.91 Å². The van der Waals surface area contributed by atoms with Gasteiger partial charge < -0.3 is 24.2 Å². The maximum atomic E-state index is 13.1. The van der Waals surface area contributed by atoms with Gasteiger partial charge in [0.2, 0.25) is 5.91 Å². The van der Waals surface area contributed by atoms with E-state index in [1.807, 2.05) is 12.1 Å². The SMILES string of the molecule is COc1ccc(OC)c(-c2cc(C(=O)N(CCC(=O)NCc3cccnc3)C3CC3)no2)c1. The first kappa shape index (κ1) is 22.3. The fourth-order valence-electron chi connectivity index (χ4n) is 3.51. The predicted octanol–water partition coefficient (Wildman–Crippen LogP) is 3.06. The van der Waals surface area contributed by atoms with Gasteiger partial charge in [-0.05, 0) is 42.7 Å². The summed E-state index contributed by atoms with van der Waals surface area (Å²) in [5, 5.41) is 6.85. The van der Waals surface area contributed by atoms with Crippen molar-refractivity contribution in [1.82, 2.24) is 20.4 Å². The number of aromatic nitrogens is 2. The lowest BCUT2D eigenvalue weighted by Crippen LogP contribution is -2.37. The Morgan fingerprint density at radius 3 is 2.73 bits per heavy atom. The molecule has 9 nitrogen and oxygen atoms in total. The number of nitrogens with zero attached hydrogens (tertiary/aromatic N) is 3. The fraction of sp³-hybridized carbons (Fsp3) is 0.333. The van der Waals surface area contributed by atoms with Gasteiger partial charge in [-0.1, -0.05) is 11.2 Å². The molecule has 1 fully saturated rings. The van der Waals surface area contributed by atoms with Crippen molar-refractivity contribution in [2.24, 2.45) is 0 Å². The molecule has 0 atom stereocenters. The predicted molar refractivity (Wildman–Crippen MR) is 120 cm³/mol. The quantitative estimate of drug-likeness (QED) is 0.506. The first-order chi connectivity index (χ1) is 16.1. The van der Waals surface area contributed by atoms with Crippen LogP contribution in [0.2, 0.25) is 0 Å². The minimum absolute atomic E-state index is 0.120. The minimum Gasteiger partial charge on any atom is -0.497 e. The van der Waals surface area contributed by atoms with E-state index in [4.69, 9.17) is 14.0 Å². The molecule has 2 aromatic heterocycles. The third kappa shape index (κ3) is 5.49. The van der Waals surface area contributed by atoms with Gasteiger partial charge in [-0.3, -0.25) is 14.6 Å². The molecule has 0 radical (unpaired) electrons. The van der Waals surface area contributed by atoms with Crippen LogP contribution in [-0.4, -0.2) is 53.7 Å². The lowest BCUT2D eigenvalue weighted by atomic mass is 10.1. The van der Waals surface area contributed by atoms with E-state index < -0.39 is 0 Å². The standard InChI is InChI=1S/C24H26N4O5/c1-31-18-7-8-21(32-2)19(12-18)22-13-20(27-33-22)24(30)28(17-5-6-17)11-9-23(29)26-15-16-4-3-10-25-14-16/h3-4,7-8,10,12-14,17H,5-6,9,11,15H2,1-2H3,(H,26,29). The largest absolute Gasteiger partial charge is 0.497 e. The van der Waals surface area contributed by atoms with Crippen molar-refractivity contribution in [2.45, 2.75) is 31.8 Å². The highest BCUT2D eigenvalue weighted by molar-refractivity contribution is 5.94. The van der Waals surface area contributed by atoms with Crippen molar-refractivity contribution in [3.63, 3.8) is 0 Å². The molecule has 0 spiro atoms. The van der Waals surface area contributed by atoms with E-state index in [9.17, 15) is 9.59 Å². The van der Waals surface area contributed by atoms with Gasteiger partial charge in [-0.25, -0.2) is 0 Å². The van der Waals surface area contributed by atoms with Crippen molar-refractivity contribution >= 4 is 11.8 Å². The molecule has 172 valence electrons. The highest BCUT2D eigenvalue weighted by Crippen LogP contribution is 2.34. The number of carbonyl (C=O) groups excluding carboxylic acids is 2. The molecule has 0 unspecified atom stereocenters. The van der Waals surface area contributed by atoms with Crippen LogP contribution in [0, 0.1) is 0 Å². The second-order valence-corrected chi connectivity index (χ2v) is 7.76. The molecule has 0 bridgehead atoms. The Kier molecular flexibility index (Phi) is 6.87. The Hall–Kier alpha value is -3.88. The molecule has 9 heteroatoms. The molecular formula is C24H26N4O5. The second-order valence-electron chi connectivity index (χ2n) is 7.76. The van der Waals surface area contributed by atoms with E-state index in [1.54, 1.807) is 55.8 Å². The average molecular weight is 450 g/mol. The van der Waals surface area contributed by atoms with E-state index >= 15 is 0 Å². The summed E-state index contributed by atoms with van der Waals surface area (Å²) >= 11 is 0. The number of rotatable bonds is 10. The lowest BCUT2D eigenvalue weighted by molar-refractivity contribution is -0.121. The third-order valence-corrected chi connectivity index (χ3v) is 5.44. The molecule has 1 aliphatic carbocycles. The number of methoxy groups -OCH3 is 2. The van der Waals surface area contributed by atoms with Gasteiger partial charge in [0.1, 0.15) is 11.5 Å². The normalized spacial score (nSPS) is 12.8. The van der Waals surface area contributed by atoms with Gasteiger partial charge in [-0.2, -0.15) is 0 Å². The van der Waals surface area contributed by atoms with Gasteiger partial charge >= 0.3 is 0 Å². The lowest BCUT2D eigenvalue weighted by Gasteiger charge is -2.20. The number of carbonyl (C=O) groups is 2. The number of hydrogen-bond donors (Lipinski definition) is 1. The first-order valence-corrected chi connectivity index (χ1v) is 10.7. The number of amides is 2. The monoisotopic (exact) mass is 450 g/mol. The molecular weight excluding hydrogens is 424 g/mol. The molecule has 2 heterocycles. The van der Waals surface area contributed by atoms with Crippen LogP contribution in [0.3, 0.4) is 0 Å². The van der Waals surface area contributed by atoms with Crippen LogP contribution in [0.5, 0.6) is 11.5 Å². The molecule has 1 aliphatic rings. The van der Waals surface area contributed by atoms with E-state index in [2.05, 4.69) is 15.5 Å². The average Bonchev–Trinajstić information content (AvgIpc) is 3.57. The molecule has 0 aliphatic heterocycles. The highest BCUT2D eigenvalue weighted by atomic mass is 16.5. The maximum Gasteiger partial charge on any atom is 0.276 e. The van der Waals surface area contributed by atoms with Crippen molar-refractivity contribution in [1.29, 1.82) is 0 Å². The van der Waals surface area contributed by atoms with Crippen LogP contribution in [0.4, 0.5) is 0 Å². The Bertz CT molecular complexity index is 1110. The van der Waals surface area contributed by atoms with Crippen LogP contribution in [0.25, 0.3) is 11.3 Å². The van der Waals surface area contributed by atoms with Crippen LogP contribution < -0.4 is 14.8 Å². The van der Waals surface area contributed by atoms with Gasteiger partial charge in [0.15, 0.2) is 11.5 Å². The van der Waals surface area contributed by atoms with Crippen molar-refractivity contribution in [3.8, 4) is 22.8 Å². The van der Waals surface area contributed by atoms with Crippen molar-refractivity contribution in [2.75, 3.05) is 20.8 Å². The smallest absolute Gasteiger partial charge is 0.276 e. The summed E-state index contributed by atoms with van der Waals surface area (Å²) in [5.74, 6) is 1.23. The summed E-state index contributed by atoms with van der Waals surface area (Å²) in [6.07, 6.45) is 5.43. The maximum absolute atomic E-state index is 13.1. The van der Waals surface area contributed by atoms with Gasteiger partial charge in [0, 0.05) is 44.0 Å². The molecule has 4 rings (SSSR count). The van der Waals surface area contributed by atoms with E-state index in [-0.39, 0.29) is 30.0 Å². The molecule has 1 N–H and O–H groups in total. The van der Waals surface area contributed by atoms with Gasteiger partial charge in [-0.15, -0.1) is 0 Å². The molecule has 1 aromatic carbocycles. The summed E-state index contributed by atoms with van der Waals surface area (Å²) in [6.45, 7) is 0.714. The second kappa shape index (κ2) is 10.2. The summed E-state index contributed by atoms with van der Waals surface area (Å²) < 4.78 is 16.1. The van der Waals surface area contributed by atoms with E-state index in [1.165, 1.54) is 0 Å². The summed E-state index contributed by atoms with van der Waals surface area (Å²) in [7, 11) is 3.13. The van der Waals surface area contributed by atoms with Crippen molar-refractivity contribution < 1.29 is 23.6 Å². The summed E-state index contributed by atoms with van der Waals surface area (Å²) in [5.41, 5.74) is 1.75. The van der Waals surface area contributed by atoms with E-state index in [0.717, 1.165) is 18.4 Å². The third-order valence-electron chi connectivity index (χ3n) is 5.44. The molecule has 1 saturated carbocycles. The number of hydrogen-bond acceptors (Lipinski definition) is 7. The Morgan fingerprint density at radius 2 is 2.03 bits per heavy atom. The zero-order valence-corrected chi connectivity index (χ0v) is 18.6. The molecule has 2 amide bonds. The van der Waals surface area contributed by atoms with Crippen LogP contribution in [0.15, 0.2) is 53.3 Å². The summed E-state index contributed by atoms with van der Waals surface area (Å²) in [6, 6.07) is 10.7.